The van der Waals surface area contributed by atoms with Crippen LogP contribution in [0, 0.1) is 0 Å². The van der Waals surface area contributed by atoms with Gasteiger partial charge in [0.15, 0.2) is 15.0 Å². The number of hydrogen-bond donors (Lipinski definition) is 0. The number of sulfone groups is 1. The van der Waals surface area contributed by atoms with Crippen LogP contribution in [-0.2, 0) is 9.84 Å². The number of thiazole rings is 1. The van der Waals surface area contributed by atoms with Crippen LogP contribution < -0.4 is 9.64 Å². The van der Waals surface area contributed by atoms with Crippen molar-refractivity contribution in [3.05, 3.63) is 48.0 Å². The van der Waals surface area contributed by atoms with Gasteiger partial charge < -0.3 is 9.64 Å². The van der Waals surface area contributed by atoms with Gasteiger partial charge in [-0.15, -0.1) is 0 Å². The Kier molecular flexibility index (Phi) is 6.74. The first-order valence-electron chi connectivity index (χ1n) is 9.49. The van der Waals surface area contributed by atoms with Crippen molar-refractivity contribution in [3.63, 3.8) is 0 Å². The largest absolute Gasteiger partial charge is 0.494 e. The van der Waals surface area contributed by atoms with Crippen molar-refractivity contribution in [3.8, 4) is 5.75 Å². The first-order valence-corrected chi connectivity index (χ1v) is 12.0. The smallest absolute Gasteiger partial charge is 0.260 e. The highest BCUT2D eigenvalue weighted by Gasteiger charge is 2.23. The molecule has 3 aromatic rings. The quantitative estimate of drug-likeness (QED) is 0.527. The molecule has 0 aliphatic rings. The van der Waals surface area contributed by atoms with Gasteiger partial charge in [-0.05, 0) is 44.4 Å². The van der Waals surface area contributed by atoms with Gasteiger partial charge in [-0.25, -0.2) is 13.4 Å². The Balaban J connectivity index is 2.04. The summed E-state index contributed by atoms with van der Waals surface area (Å²) in [6.45, 7) is 2.63. The molecule has 0 bridgehead atoms. The van der Waals surface area contributed by atoms with E-state index in [9.17, 15) is 13.2 Å². The van der Waals surface area contributed by atoms with Crippen molar-refractivity contribution in [1.82, 2.24) is 9.88 Å². The second-order valence-corrected chi connectivity index (χ2v) is 10.3. The summed E-state index contributed by atoms with van der Waals surface area (Å²) in [6.07, 6.45) is 0. The number of ether oxygens (including phenoxy) is 1. The highest BCUT2D eigenvalue weighted by Crippen LogP contribution is 2.34. The number of amides is 1. The molecule has 0 fully saturated rings. The molecule has 0 saturated heterocycles. The Labute approximate surface area is 180 Å². The second kappa shape index (κ2) is 9.11. The van der Waals surface area contributed by atoms with Crippen LogP contribution in [0.25, 0.3) is 10.2 Å². The number of aromatic nitrogens is 1. The number of methoxy groups -OCH3 is 1. The number of hydrogen-bond acceptors (Lipinski definition) is 7. The normalized spacial score (nSPS) is 11.8. The van der Waals surface area contributed by atoms with E-state index in [4.69, 9.17) is 4.74 Å². The highest BCUT2D eigenvalue weighted by atomic mass is 32.2. The van der Waals surface area contributed by atoms with E-state index in [2.05, 4.69) is 4.98 Å². The first kappa shape index (κ1) is 22.2. The number of anilines is 1. The van der Waals surface area contributed by atoms with Crippen molar-refractivity contribution in [2.24, 2.45) is 0 Å². The van der Waals surface area contributed by atoms with Crippen molar-refractivity contribution >= 4 is 42.4 Å². The molecule has 160 valence electrons. The van der Waals surface area contributed by atoms with Gasteiger partial charge in [-0.3, -0.25) is 9.69 Å². The maximum absolute atomic E-state index is 13.4. The van der Waals surface area contributed by atoms with Crippen LogP contribution in [0.4, 0.5) is 5.13 Å². The summed E-state index contributed by atoms with van der Waals surface area (Å²) < 4.78 is 30.8. The van der Waals surface area contributed by atoms with E-state index in [1.54, 1.807) is 31.1 Å². The zero-order valence-corrected chi connectivity index (χ0v) is 19.1. The van der Waals surface area contributed by atoms with E-state index in [1.807, 2.05) is 37.2 Å². The highest BCUT2D eigenvalue weighted by molar-refractivity contribution is 7.91. The monoisotopic (exact) mass is 447 g/mol. The van der Waals surface area contributed by atoms with Crippen LogP contribution in [0.2, 0.25) is 0 Å². The third-order valence-electron chi connectivity index (χ3n) is 4.66. The Morgan fingerprint density at radius 3 is 2.53 bits per heavy atom. The molecule has 0 aliphatic heterocycles. The first-order chi connectivity index (χ1) is 14.3. The summed E-state index contributed by atoms with van der Waals surface area (Å²) in [4.78, 5) is 21.8. The van der Waals surface area contributed by atoms with Crippen LogP contribution in [-0.4, -0.2) is 64.3 Å². The maximum Gasteiger partial charge on any atom is 0.260 e. The van der Waals surface area contributed by atoms with Gasteiger partial charge in [-0.2, -0.15) is 0 Å². The van der Waals surface area contributed by atoms with Crippen LogP contribution in [0.15, 0.2) is 47.4 Å². The van der Waals surface area contributed by atoms with Crippen LogP contribution >= 0.6 is 11.3 Å². The van der Waals surface area contributed by atoms with Gasteiger partial charge in [0.05, 0.1) is 22.5 Å². The lowest BCUT2D eigenvalue weighted by molar-refractivity contribution is 0.0985. The third kappa shape index (κ3) is 4.63. The minimum atomic E-state index is -3.41. The van der Waals surface area contributed by atoms with Gasteiger partial charge >= 0.3 is 0 Å². The topological polar surface area (TPSA) is 79.8 Å². The fraction of sp³-hybridized carbons (Fsp3) is 0.333. The van der Waals surface area contributed by atoms with Gasteiger partial charge in [0.2, 0.25) is 0 Å². The molecular weight excluding hydrogens is 422 g/mol. The molecule has 3 rings (SSSR count). The van der Waals surface area contributed by atoms with Gasteiger partial charge in [0, 0.05) is 18.7 Å². The summed E-state index contributed by atoms with van der Waals surface area (Å²) in [6, 6.07) is 11.8. The molecule has 30 heavy (non-hydrogen) atoms. The number of carbonyl (C=O) groups excluding carboxylic acids is 1. The molecule has 0 N–H and O–H groups in total. The van der Waals surface area contributed by atoms with E-state index in [0.717, 1.165) is 4.70 Å². The number of nitrogens with zero attached hydrogens (tertiary/aromatic N) is 3. The molecule has 0 saturated carbocycles. The molecule has 0 spiro atoms. The molecule has 1 heterocycles. The fourth-order valence-electron chi connectivity index (χ4n) is 2.92. The molecule has 0 atom stereocenters. The lowest BCUT2D eigenvalue weighted by Gasteiger charge is -2.22. The van der Waals surface area contributed by atoms with Crippen LogP contribution in [0.1, 0.15) is 17.3 Å². The van der Waals surface area contributed by atoms with Crippen LogP contribution in [0.5, 0.6) is 5.75 Å². The summed E-state index contributed by atoms with van der Waals surface area (Å²) in [7, 11) is 2.04. The Morgan fingerprint density at radius 2 is 1.87 bits per heavy atom. The van der Waals surface area contributed by atoms with E-state index < -0.39 is 9.84 Å². The predicted molar refractivity (Wildman–Crippen MR) is 121 cm³/mol. The standard InChI is InChI=1S/C21H25N3O4S2/c1-5-30(26,27)16-9-6-8-15(14-16)20(25)24(13-12-23(2)3)21-22-19-17(28-4)10-7-11-18(19)29-21/h6-11,14H,5,12-13H2,1-4H3. The van der Waals surface area contributed by atoms with Crippen molar-refractivity contribution in [2.75, 3.05) is 44.9 Å². The molecule has 2 aromatic carbocycles. The number of carbonyl (C=O) groups is 1. The number of fused-ring (bicyclic) bond motifs is 1. The Hall–Kier alpha value is -2.49. The number of para-hydroxylation sites is 1. The molecule has 0 aliphatic carbocycles. The fourth-order valence-corrected chi connectivity index (χ4v) is 4.85. The van der Waals surface area contributed by atoms with Crippen molar-refractivity contribution < 1.29 is 17.9 Å². The molecule has 9 heteroatoms. The molecular formula is C21H25N3O4S2. The van der Waals surface area contributed by atoms with E-state index in [1.165, 1.54) is 23.5 Å². The van der Waals surface area contributed by atoms with Crippen LogP contribution in [0.3, 0.4) is 0 Å². The lowest BCUT2D eigenvalue weighted by atomic mass is 10.2. The lowest BCUT2D eigenvalue weighted by Crippen LogP contribution is -2.36. The van der Waals surface area contributed by atoms with E-state index in [0.29, 0.717) is 35.1 Å². The van der Waals surface area contributed by atoms with Gasteiger partial charge in [0.1, 0.15) is 11.3 Å². The van der Waals surface area contributed by atoms with E-state index in [-0.39, 0.29) is 16.6 Å². The van der Waals surface area contributed by atoms with Gasteiger partial charge in [0.25, 0.3) is 5.91 Å². The summed E-state index contributed by atoms with van der Waals surface area (Å²) in [5.74, 6) is 0.334. The molecule has 7 nitrogen and oxygen atoms in total. The SMILES string of the molecule is CCS(=O)(=O)c1cccc(C(=O)N(CCN(C)C)c2nc3c(OC)cccc3s2)c1. The zero-order valence-electron chi connectivity index (χ0n) is 17.5. The average molecular weight is 448 g/mol. The Bertz CT molecular complexity index is 1160. The molecule has 0 radical (unpaired) electrons. The molecule has 1 amide bonds. The summed E-state index contributed by atoms with van der Waals surface area (Å²) in [5.41, 5.74) is 1.01. The van der Waals surface area contributed by atoms with Crippen molar-refractivity contribution in [1.29, 1.82) is 0 Å². The summed E-state index contributed by atoms with van der Waals surface area (Å²) in [5, 5.41) is 0.546. The predicted octanol–water partition coefficient (Wildman–Crippen LogP) is 3.31. The minimum absolute atomic E-state index is 0.0212. The minimum Gasteiger partial charge on any atom is -0.494 e. The van der Waals surface area contributed by atoms with E-state index >= 15 is 0 Å². The zero-order chi connectivity index (χ0) is 21.9. The summed E-state index contributed by atoms with van der Waals surface area (Å²) >= 11 is 1.40. The maximum atomic E-state index is 13.4. The number of benzene rings is 2. The molecule has 0 unspecified atom stereocenters. The van der Waals surface area contributed by atoms with Crippen molar-refractivity contribution in [2.45, 2.75) is 11.8 Å². The average Bonchev–Trinajstić information content (AvgIpc) is 3.17. The number of likely N-dealkylation sites (N-methyl/N-ethyl adjacent to an activating group) is 1. The molecule has 1 aromatic heterocycles. The second-order valence-electron chi connectivity index (χ2n) is 6.99. The number of rotatable bonds is 8. The van der Waals surface area contributed by atoms with Gasteiger partial charge in [-0.1, -0.05) is 30.4 Å². The Morgan fingerprint density at radius 1 is 1.13 bits per heavy atom. The third-order valence-corrected chi connectivity index (χ3v) is 7.43.